The van der Waals surface area contributed by atoms with Gasteiger partial charge >= 0.3 is 0 Å². The van der Waals surface area contributed by atoms with Crippen molar-refractivity contribution in [2.45, 2.75) is 12.7 Å². The Balaban J connectivity index is 1.10. The molecule has 0 aromatic heterocycles. The van der Waals surface area contributed by atoms with E-state index >= 15 is 0 Å². The molecule has 2 heteroatoms. The predicted octanol–water partition coefficient (Wildman–Crippen LogP) is 12.7. The van der Waals surface area contributed by atoms with Gasteiger partial charge in [0.2, 0.25) is 0 Å². The number of para-hydroxylation sites is 1. The molecule has 0 saturated carbocycles. The van der Waals surface area contributed by atoms with E-state index in [4.69, 9.17) is 5.48 Å². The Kier molecular flexibility index (Phi) is 5.98. The molecule has 9 rings (SSSR count). The molecule has 8 aromatic carbocycles. The van der Waals surface area contributed by atoms with Crippen molar-refractivity contribution in [1.29, 1.82) is 0 Å². The number of aryl methyl sites for hydroxylation is 2. The highest BCUT2D eigenvalue weighted by molar-refractivity contribution is 6.00. The average molecular weight is 619 g/mol. The molecule has 0 bridgehead atoms. The first kappa shape index (κ1) is 24.1. The molecule has 1 aliphatic rings. The maximum absolute atomic E-state index is 8.50. The third kappa shape index (κ3) is 4.99. The lowest BCUT2D eigenvalue weighted by molar-refractivity contribution is 0.839. The second-order valence-corrected chi connectivity index (χ2v) is 12.1. The molecular formula is C46H34N2. The van der Waals surface area contributed by atoms with Gasteiger partial charge in [0, 0.05) is 39.0 Å². The van der Waals surface area contributed by atoms with Gasteiger partial charge in [-0.15, -0.1) is 0 Å². The molecule has 0 radical (unpaired) electrons. The number of hydrogen-bond donors (Lipinski definition) is 0. The van der Waals surface area contributed by atoms with Crippen LogP contribution in [0.5, 0.6) is 0 Å². The second kappa shape index (κ2) is 11.9. The van der Waals surface area contributed by atoms with Crippen LogP contribution in [0.15, 0.2) is 182 Å². The van der Waals surface area contributed by atoms with Crippen LogP contribution in [0.2, 0.25) is 0 Å². The summed E-state index contributed by atoms with van der Waals surface area (Å²) in [6.07, 6.45) is -4.09. The third-order valence-electron chi connectivity index (χ3n) is 9.21. The van der Waals surface area contributed by atoms with Crippen LogP contribution >= 0.6 is 0 Å². The molecule has 0 amide bonds. The van der Waals surface area contributed by atoms with Gasteiger partial charge in [0.05, 0.1) is 11.4 Å². The van der Waals surface area contributed by atoms with Gasteiger partial charge in [-0.3, -0.25) is 0 Å². The van der Waals surface area contributed by atoms with Crippen molar-refractivity contribution >= 4 is 55.7 Å². The second-order valence-electron chi connectivity index (χ2n) is 12.1. The Morgan fingerprint density at radius 3 is 1.38 bits per heavy atom. The van der Waals surface area contributed by atoms with Crippen molar-refractivity contribution in [3.05, 3.63) is 193 Å². The Labute approximate surface area is 287 Å². The number of rotatable bonds is 7. The van der Waals surface area contributed by atoms with Gasteiger partial charge in [-0.1, -0.05) is 121 Å². The highest BCUT2D eigenvalue weighted by Gasteiger charge is 2.20. The fraction of sp³-hybridized carbons (Fsp3) is 0.0435. The molecule has 8 aromatic rings. The van der Waals surface area contributed by atoms with E-state index in [-0.39, 0.29) is 0 Å². The lowest BCUT2D eigenvalue weighted by Gasteiger charge is -2.29. The van der Waals surface area contributed by atoms with Crippen molar-refractivity contribution in [2.75, 3.05) is 9.80 Å². The predicted molar refractivity (Wildman–Crippen MR) is 204 cm³/mol. The van der Waals surface area contributed by atoms with Crippen LogP contribution in [0.3, 0.4) is 0 Å². The first-order chi connectivity index (χ1) is 25.3. The zero-order valence-corrected chi connectivity index (χ0v) is 26.2. The van der Waals surface area contributed by atoms with Gasteiger partial charge in [0.25, 0.3) is 0 Å². The minimum absolute atomic E-state index is 0.394. The van der Waals surface area contributed by atoms with Gasteiger partial charge in [-0.05, 0) is 106 Å². The van der Waals surface area contributed by atoms with Crippen molar-refractivity contribution < 1.29 is 5.48 Å². The van der Waals surface area contributed by atoms with E-state index in [9.17, 15) is 0 Å². The monoisotopic (exact) mass is 618 g/mol. The Hall–Kier alpha value is -6.12. The largest absolute Gasteiger partial charge is 0.310 e. The molecular weight excluding hydrogens is 581 g/mol. The SMILES string of the molecule is [2H]C1([2H])c2ccc(N(c3ccc(-c4ccc(N(c5ccccc5)c5cccc6ccccc56)cc4)cc3)c3cccc4ccccc34)cc2C1([2H])[2H]. The average Bonchev–Trinajstić information content (AvgIpc) is 3.19. The zero-order valence-electron chi connectivity index (χ0n) is 30.2. The molecule has 0 unspecified atom stereocenters. The number of anilines is 6. The van der Waals surface area contributed by atoms with E-state index < -0.39 is 12.7 Å². The maximum atomic E-state index is 8.50. The van der Waals surface area contributed by atoms with Crippen LogP contribution in [-0.4, -0.2) is 0 Å². The van der Waals surface area contributed by atoms with E-state index in [0.717, 1.165) is 56.0 Å². The molecule has 0 N–H and O–H groups in total. The topological polar surface area (TPSA) is 6.48 Å². The maximum Gasteiger partial charge on any atom is 0.0540 e. The summed E-state index contributed by atoms with van der Waals surface area (Å²) in [4.78, 5) is 4.45. The fourth-order valence-corrected chi connectivity index (χ4v) is 6.80. The number of fused-ring (bicyclic) bond motifs is 3. The zero-order chi connectivity index (χ0) is 35.5. The Bertz CT molecular complexity index is 2570. The molecule has 2 nitrogen and oxygen atoms in total. The van der Waals surface area contributed by atoms with E-state index in [1.165, 1.54) is 10.8 Å². The number of hydrogen-bond acceptors (Lipinski definition) is 2. The van der Waals surface area contributed by atoms with E-state index in [2.05, 4.69) is 149 Å². The molecule has 0 fully saturated rings. The van der Waals surface area contributed by atoms with Crippen LogP contribution in [0.1, 0.15) is 16.6 Å². The quantitative estimate of drug-likeness (QED) is 0.175. The lowest BCUT2D eigenvalue weighted by atomic mass is 9.88. The van der Waals surface area contributed by atoms with E-state index in [1.807, 2.05) is 30.3 Å². The van der Waals surface area contributed by atoms with Crippen molar-refractivity contribution in [2.24, 2.45) is 0 Å². The number of benzene rings is 8. The van der Waals surface area contributed by atoms with E-state index in [1.54, 1.807) is 12.1 Å². The van der Waals surface area contributed by atoms with Crippen molar-refractivity contribution in [3.8, 4) is 11.1 Å². The summed E-state index contributed by atoms with van der Waals surface area (Å²) in [6.45, 7) is 0. The molecule has 48 heavy (non-hydrogen) atoms. The van der Waals surface area contributed by atoms with Crippen molar-refractivity contribution in [1.82, 2.24) is 0 Å². The standard InChI is InChI=1S/C46H34N2/c1-2-14-39(15-3-1)47(45-18-8-12-36-10-4-6-16-43(36)45)40-27-22-33(23-28-40)34-24-29-41(30-25-34)48(42-31-26-35-20-21-38(35)32-42)46-19-9-13-37-11-5-7-17-44(37)46/h1-19,22-32H,20-21H2/i20D2,21D2. The smallest absolute Gasteiger partial charge is 0.0540 e. The molecule has 0 heterocycles. The normalized spacial score (nSPS) is 15.3. The molecule has 0 spiro atoms. The molecule has 228 valence electrons. The molecule has 1 aliphatic carbocycles. The molecule has 0 saturated heterocycles. The van der Waals surface area contributed by atoms with Crippen molar-refractivity contribution in [3.63, 3.8) is 0 Å². The van der Waals surface area contributed by atoms with Crippen LogP contribution in [-0.2, 0) is 12.7 Å². The highest BCUT2D eigenvalue weighted by atomic mass is 15.1. The minimum atomic E-state index is -2.07. The summed E-state index contributed by atoms with van der Waals surface area (Å²) in [5.74, 6) is 0. The minimum Gasteiger partial charge on any atom is -0.310 e. The summed E-state index contributed by atoms with van der Waals surface area (Å²) in [7, 11) is 0. The van der Waals surface area contributed by atoms with Gasteiger partial charge in [0.15, 0.2) is 0 Å². The van der Waals surface area contributed by atoms with Crippen LogP contribution in [0, 0.1) is 0 Å². The third-order valence-corrected chi connectivity index (χ3v) is 9.21. The first-order valence-electron chi connectivity index (χ1n) is 18.3. The van der Waals surface area contributed by atoms with Gasteiger partial charge < -0.3 is 9.80 Å². The first-order valence-corrected chi connectivity index (χ1v) is 16.3. The van der Waals surface area contributed by atoms with Crippen LogP contribution in [0.4, 0.5) is 34.1 Å². The number of nitrogens with zero attached hydrogens (tertiary/aromatic N) is 2. The van der Waals surface area contributed by atoms with Gasteiger partial charge in [-0.25, -0.2) is 0 Å². The molecule has 0 aliphatic heterocycles. The van der Waals surface area contributed by atoms with Crippen LogP contribution in [0.25, 0.3) is 32.7 Å². The summed E-state index contributed by atoms with van der Waals surface area (Å²) < 4.78 is 33.6. The fourth-order valence-electron chi connectivity index (χ4n) is 6.80. The van der Waals surface area contributed by atoms with Crippen LogP contribution < -0.4 is 9.80 Å². The van der Waals surface area contributed by atoms with Gasteiger partial charge in [-0.2, -0.15) is 0 Å². The Morgan fingerprint density at radius 1 is 0.354 bits per heavy atom. The lowest BCUT2D eigenvalue weighted by Crippen LogP contribution is -2.14. The highest BCUT2D eigenvalue weighted by Crippen LogP contribution is 2.42. The summed E-state index contributed by atoms with van der Waals surface area (Å²) in [5.41, 5.74) is 8.91. The Morgan fingerprint density at radius 2 is 0.792 bits per heavy atom. The van der Waals surface area contributed by atoms with Gasteiger partial charge in [0.1, 0.15) is 0 Å². The summed E-state index contributed by atoms with van der Waals surface area (Å²) in [5, 5.41) is 4.55. The summed E-state index contributed by atoms with van der Waals surface area (Å²) >= 11 is 0. The molecule has 0 atom stereocenters. The summed E-state index contributed by atoms with van der Waals surface area (Å²) in [6, 6.07) is 62.4. The van der Waals surface area contributed by atoms with E-state index in [0.29, 0.717) is 11.1 Å².